The number of amides is 1. The minimum Gasteiger partial charge on any atom is -0.384 e. The molecule has 0 bridgehead atoms. The van der Waals surface area contributed by atoms with E-state index in [2.05, 4.69) is 5.10 Å². The van der Waals surface area contributed by atoms with E-state index in [1.54, 1.807) is 7.11 Å². The minimum absolute atomic E-state index is 0.0658. The van der Waals surface area contributed by atoms with Crippen LogP contribution in [0.15, 0.2) is 11.1 Å². The Morgan fingerprint density at radius 2 is 1.96 bits per heavy atom. The predicted molar refractivity (Wildman–Crippen MR) is 96.3 cm³/mol. The molecule has 2 aliphatic heterocycles. The van der Waals surface area contributed by atoms with Crippen LogP contribution in [-0.4, -0.2) is 73.2 Å². The Hall–Kier alpha value is -1.59. The summed E-state index contributed by atoms with van der Waals surface area (Å²) in [6, 6.07) is 0. The van der Waals surface area contributed by atoms with Gasteiger partial charge >= 0.3 is 6.55 Å². The Balaban J connectivity index is 1.58. The van der Waals surface area contributed by atoms with E-state index >= 15 is 0 Å². The van der Waals surface area contributed by atoms with Crippen molar-refractivity contribution in [3.8, 4) is 0 Å². The van der Waals surface area contributed by atoms with Gasteiger partial charge in [0.15, 0.2) is 0 Å². The lowest BCUT2D eigenvalue weighted by atomic mass is 9.97. The van der Waals surface area contributed by atoms with Crippen molar-refractivity contribution in [1.29, 1.82) is 0 Å². The van der Waals surface area contributed by atoms with Gasteiger partial charge in [0, 0.05) is 45.6 Å². The fraction of sp³-hybridized carbons (Fsp3) is 0.765. The first kappa shape index (κ1) is 21.1. The highest BCUT2D eigenvalue weighted by molar-refractivity contribution is 7.89. The van der Waals surface area contributed by atoms with Crippen LogP contribution in [0.1, 0.15) is 31.5 Å². The molecule has 0 radical (unpaired) electrons. The monoisotopic (exact) mass is 420 g/mol. The van der Waals surface area contributed by atoms with E-state index in [0.29, 0.717) is 56.7 Å². The first-order valence-electron chi connectivity index (χ1n) is 9.33. The maximum absolute atomic E-state index is 12.9. The maximum Gasteiger partial charge on any atom is 0.333 e. The summed E-state index contributed by atoms with van der Waals surface area (Å²) in [6.45, 7) is 0.909. The fourth-order valence-electron chi connectivity index (χ4n) is 4.02. The van der Waals surface area contributed by atoms with Crippen molar-refractivity contribution in [1.82, 2.24) is 19.0 Å². The third-order valence-corrected chi connectivity index (χ3v) is 7.55. The second-order valence-corrected chi connectivity index (χ2v) is 9.39. The molecule has 11 heteroatoms. The number of hydrogen-bond acceptors (Lipinski definition) is 5. The number of carbonyl (C=O) groups is 1. The normalized spacial score (nSPS) is 22.5. The number of ether oxygens (including phenoxy) is 1. The average Bonchev–Trinajstić information content (AvgIpc) is 3.19. The molecule has 1 atom stereocenters. The molecule has 8 nitrogen and oxygen atoms in total. The van der Waals surface area contributed by atoms with Crippen LogP contribution in [0.5, 0.6) is 0 Å². The van der Waals surface area contributed by atoms with Gasteiger partial charge in [-0.2, -0.15) is 18.2 Å². The van der Waals surface area contributed by atoms with Gasteiger partial charge in [-0.05, 0) is 25.7 Å². The smallest absolute Gasteiger partial charge is 0.333 e. The van der Waals surface area contributed by atoms with Crippen molar-refractivity contribution in [2.45, 2.75) is 37.6 Å². The van der Waals surface area contributed by atoms with Crippen LogP contribution in [0.4, 0.5) is 8.78 Å². The van der Waals surface area contributed by atoms with E-state index in [1.165, 1.54) is 11.2 Å². The van der Waals surface area contributed by atoms with Crippen LogP contribution >= 0.6 is 0 Å². The van der Waals surface area contributed by atoms with Crippen LogP contribution < -0.4 is 0 Å². The van der Waals surface area contributed by atoms with Gasteiger partial charge in [0.05, 0.1) is 18.5 Å². The largest absolute Gasteiger partial charge is 0.384 e. The number of rotatable bonds is 7. The number of carbonyl (C=O) groups excluding carboxylic acids is 1. The lowest BCUT2D eigenvalue weighted by Gasteiger charge is -2.33. The van der Waals surface area contributed by atoms with Gasteiger partial charge in [-0.1, -0.05) is 0 Å². The molecule has 1 unspecified atom stereocenters. The van der Waals surface area contributed by atoms with Gasteiger partial charge in [-0.15, -0.1) is 0 Å². The topological polar surface area (TPSA) is 84.7 Å². The summed E-state index contributed by atoms with van der Waals surface area (Å²) < 4.78 is 58.2. The number of methoxy groups -OCH3 is 1. The summed E-state index contributed by atoms with van der Waals surface area (Å²) in [5.74, 6) is 0.557. The third kappa shape index (κ3) is 4.20. The van der Waals surface area contributed by atoms with E-state index in [1.807, 2.05) is 4.90 Å². The highest BCUT2D eigenvalue weighted by Gasteiger charge is 2.35. The lowest BCUT2D eigenvalue weighted by molar-refractivity contribution is -0.128. The van der Waals surface area contributed by atoms with E-state index in [-0.39, 0.29) is 28.3 Å². The zero-order chi connectivity index (χ0) is 20.5. The van der Waals surface area contributed by atoms with Crippen LogP contribution in [0.2, 0.25) is 0 Å². The highest BCUT2D eigenvalue weighted by atomic mass is 32.2. The number of nitrogens with zero attached hydrogens (tertiary/aromatic N) is 4. The molecule has 1 aromatic rings. The van der Waals surface area contributed by atoms with E-state index in [4.69, 9.17) is 4.74 Å². The van der Waals surface area contributed by atoms with Gasteiger partial charge < -0.3 is 9.64 Å². The average molecular weight is 420 g/mol. The van der Waals surface area contributed by atoms with Crippen LogP contribution in [0.25, 0.3) is 0 Å². The first-order chi connectivity index (χ1) is 13.2. The molecule has 0 N–H and O–H groups in total. The van der Waals surface area contributed by atoms with E-state index in [0.717, 1.165) is 6.20 Å². The number of likely N-dealkylation sites (tertiary alicyclic amines) is 1. The number of hydrogen-bond donors (Lipinski definition) is 0. The SMILES string of the molecule is COCC1CC(=O)N(CC2CCN(S(=O)(=O)c3cnn(C(F)F)c3C)CC2)C1. The molecule has 0 saturated carbocycles. The summed E-state index contributed by atoms with van der Waals surface area (Å²) in [7, 11) is -2.24. The number of sulfonamides is 1. The molecule has 158 valence electrons. The number of piperidine rings is 1. The molecule has 0 aliphatic carbocycles. The molecule has 1 aromatic heterocycles. The van der Waals surface area contributed by atoms with Crippen LogP contribution in [0, 0.1) is 18.8 Å². The molecule has 28 heavy (non-hydrogen) atoms. The summed E-state index contributed by atoms with van der Waals surface area (Å²) in [5.41, 5.74) is -0.0658. The van der Waals surface area contributed by atoms with Crippen molar-refractivity contribution in [2.75, 3.05) is 39.9 Å². The highest BCUT2D eigenvalue weighted by Crippen LogP contribution is 2.28. The van der Waals surface area contributed by atoms with Gasteiger partial charge in [0.25, 0.3) is 0 Å². The maximum atomic E-state index is 12.9. The second kappa shape index (κ2) is 8.42. The third-order valence-electron chi connectivity index (χ3n) is 5.55. The second-order valence-electron chi connectivity index (χ2n) is 7.49. The summed E-state index contributed by atoms with van der Waals surface area (Å²) in [5, 5.41) is 3.50. The summed E-state index contributed by atoms with van der Waals surface area (Å²) in [6.07, 6.45) is 2.73. The standard InChI is InChI=1S/C17H26F2N4O4S/c1-12-15(8-20-23(12)17(18)19)28(25,26)22-5-3-13(4-6-22)9-21-10-14(11-27-2)7-16(21)24/h8,13-14,17H,3-7,9-11H2,1-2H3. The molecule has 3 heterocycles. The van der Waals surface area contributed by atoms with Gasteiger partial charge in [-0.25, -0.2) is 13.1 Å². The molecule has 2 fully saturated rings. The quantitative estimate of drug-likeness (QED) is 0.667. The van der Waals surface area contributed by atoms with Crippen LogP contribution in [-0.2, 0) is 19.6 Å². The Labute approximate surface area is 163 Å². The van der Waals surface area contributed by atoms with Crippen molar-refractivity contribution >= 4 is 15.9 Å². The predicted octanol–water partition coefficient (Wildman–Crippen LogP) is 1.48. The van der Waals surface area contributed by atoms with Crippen molar-refractivity contribution in [3.63, 3.8) is 0 Å². The van der Waals surface area contributed by atoms with E-state index in [9.17, 15) is 22.0 Å². The van der Waals surface area contributed by atoms with Gasteiger partial charge in [-0.3, -0.25) is 4.79 Å². The van der Waals surface area contributed by atoms with Gasteiger partial charge in [0.1, 0.15) is 4.90 Å². The Kier molecular flexibility index (Phi) is 6.35. The minimum atomic E-state index is -3.86. The summed E-state index contributed by atoms with van der Waals surface area (Å²) >= 11 is 0. The number of halogens is 2. The fourth-order valence-corrected chi connectivity index (χ4v) is 5.64. The lowest BCUT2D eigenvalue weighted by Crippen LogP contribution is -2.42. The molecular weight excluding hydrogens is 394 g/mol. The molecule has 2 aliphatic rings. The Morgan fingerprint density at radius 3 is 2.54 bits per heavy atom. The zero-order valence-corrected chi connectivity index (χ0v) is 16.9. The molecule has 3 rings (SSSR count). The number of alkyl halides is 2. The molecule has 2 saturated heterocycles. The van der Waals surface area contributed by atoms with Crippen molar-refractivity contribution < 1.29 is 26.7 Å². The molecule has 0 spiro atoms. The molecular formula is C17H26F2N4O4S. The summed E-state index contributed by atoms with van der Waals surface area (Å²) in [4.78, 5) is 13.8. The van der Waals surface area contributed by atoms with E-state index < -0.39 is 16.6 Å². The van der Waals surface area contributed by atoms with Crippen molar-refractivity contribution in [2.24, 2.45) is 11.8 Å². The number of aromatic nitrogens is 2. The van der Waals surface area contributed by atoms with Gasteiger partial charge in [0.2, 0.25) is 15.9 Å². The Morgan fingerprint density at radius 1 is 1.29 bits per heavy atom. The van der Waals surface area contributed by atoms with Crippen molar-refractivity contribution in [3.05, 3.63) is 11.9 Å². The zero-order valence-electron chi connectivity index (χ0n) is 16.1. The first-order valence-corrected chi connectivity index (χ1v) is 10.8. The molecule has 1 amide bonds. The molecule has 0 aromatic carbocycles. The Bertz CT molecular complexity index is 806. The van der Waals surface area contributed by atoms with Crippen LogP contribution in [0.3, 0.4) is 0 Å².